The highest BCUT2D eigenvalue weighted by atomic mass is 32.2. The lowest BCUT2D eigenvalue weighted by Gasteiger charge is -2.34. The molecule has 0 atom stereocenters. The molecule has 154 valence electrons. The highest BCUT2D eigenvalue weighted by molar-refractivity contribution is 7.89. The number of hydrogen-bond donors (Lipinski definition) is 1. The molecule has 0 radical (unpaired) electrons. The van der Waals surface area contributed by atoms with Crippen LogP contribution in [0, 0.1) is 0 Å². The molecule has 2 aromatic rings. The number of methoxy groups -OCH3 is 1. The van der Waals surface area contributed by atoms with Gasteiger partial charge in [-0.05, 0) is 30.3 Å². The van der Waals surface area contributed by atoms with E-state index in [2.05, 4.69) is 5.32 Å². The maximum absolute atomic E-state index is 13.0. The van der Waals surface area contributed by atoms with Gasteiger partial charge in [-0.25, -0.2) is 8.42 Å². The highest BCUT2D eigenvalue weighted by Gasteiger charge is 2.31. The van der Waals surface area contributed by atoms with Crippen molar-refractivity contribution >= 4 is 27.5 Å². The van der Waals surface area contributed by atoms with Crippen LogP contribution in [0.15, 0.2) is 53.4 Å². The van der Waals surface area contributed by atoms with Crippen LogP contribution in [0.25, 0.3) is 0 Å². The van der Waals surface area contributed by atoms with Gasteiger partial charge in [-0.3, -0.25) is 9.59 Å². The van der Waals surface area contributed by atoms with Crippen LogP contribution < -0.4 is 10.1 Å². The molecule has 3 rings (SSSR count). The quantitative estimate of drug-likeness (QED) is 0.800. The van der Waals surface area contributed by atoms with Gasteiger partial charge in [0, 0.05) is 38.7 Å². The van der Waals surface area contributed by atoms with Crippen molar-refractivity contribution in [3.05, 3.63) is 54.1 Å². The first kappa shape index (κ1) is 20.8. The van der Waals surface area contributed by atoms with E-state index in [0.29, 0.717) is 30.1 Å². The summed E-state index contributed by atoms with van der Waals surface area (Å²) in [6, 6.07) is 13.3. The number of anilines is 1. The Morgan fingerprint density at radius 3 is 2.24 bits per heavy atom. The molecule has 1 saturated heterocycles. The Morgan fingerprint density at radius 1 is 1.00 bits per heavy atom. The fraction of sp³-hybridized carbons (Fsp3) is 0.300. The predicted octanol–water partition coefficient (Wildman–Crippen LogP) is 1.80. The SMILES string of the molecule is COc1ccc(S(=O)(=O)N2CCN(C(=O)c3ccccc3)CC2)cc1NC(C)=O. The number of hydrogen-bond acceptors (Lipinski definition) is 5. The van der Waals surface area contributed by atoms with Crippen LogP contribution in [-0.4, -0.2) is 62.7 Å². The summed E-state index contributed by atoms with van der Waals surface area (Å²) in [7, 11) is -2.33. The molecule has 1 aliphatic heterocycles. The predicted molar refractivity (Wildman–Crippen MR) is 108 cm³/mol. The number of amides is 2. The summed E-state index contributed by atoms with van der Waals surface area (Å²) in [4.78, 5) is 25.7. The number of piperazine rings is 1. The van der Waals surface area contributed by atoms with Crippen LogP contribution in [0.3, 0.4) is 0 Å². The van der Waals surface area contributed by atoms with Crippen molar-refractivity contribution in [1.82, 2.24) is 9.21 Å². The van der Waals surface area contributed by atoms with Crippen LogP contribution in [0.2, 0.25) is 0 Å². The maximum Gasteiger partial charge on any atom is 0.253 e. The van der Waals surface area contributed by atoms with Gasteiger partial charge in [0.05, 0.1) is 17.7 Å². The van der Waals surface area contributed by atoms with E-state index in [1.54, 1.807) is 29.2 Å². The normalized spacial score (nSPS) is 15.0. The van der Waals surface area contributed by atoms with E-state index < -0.39 is 10.0 Å². The number of benzene rings is 2. The third kappa shape index (κ3) is 4.57. The average Bonchev–Trinajstić information content (AvgIpc) is 2.73. The van der Waals surface area contributed by atoms with Crippen molar-refractivity contribution in [2.24, 2.45) is 0 Å². The van der Waals surface area contributed by atoms with Crippen molar-refractivity contribution in [1.29, 1.82) is 0 Å². The maximum atomic E-state index is 13.0. The van der Waals surface area contributed by atoms with Crippen molar-refractivity contribution in [3.63, 3.8) is 0 Å². The summed E-state index contributed by atoms with van der Waals surface area (Å²) >= 11 is 0. The lowest BCUT2D eigenvalue weighted by molar-refractivity contribution is -0.114. The molecule has 29 heavy (non-hydrogen) atoms. The topological polar surface area (TPSA) is 96.0 Å². The van der Waals surface area contributed by atoms with Gasteiger partial charge in [-0.1, -0.05) is 18.2 Å². The molecule has 2 amide bonds. The molecule has 1 fully saturated rings. The minimum atomic E-state index is -3.77. The van der Waals surface area contributed by atoms with E-state index in [0.717, 1.165) is 0 Å². The number of nitrogens with zero attached hydrogens (tertiary/aromatic N) is 2. The van der Waals surface area contributed by atoms with Crippen molar-refractivity contribution in [2.45, 2.75) is 11.8 Å². The molecule has 8 nitrogen and oxygen atoms in total. The van der Waals surface area contributed by atoms with Gasteiger partial charge in [0.15, 0.2) is 0 Å². The van der Waals surface area contributed by atoms with E-state index >= 15 is 0 Å². The van der Waals surface area contributed by atoms with Gasteiger partial charge in [0.25, 0.3) is 5.91 Å². The van der Waals surface area contributed by atoms with Gasteiger partial charge in [0.1, 0.15) is 5.75 Å². The van der Waals surface area contributed by atoms with Gasteiger partial charge in [-0.15, -0.1) is 0 Å². The third-order valence-electron chi connectivity index (χ3n) is 4.67. The summed E-state index contributed by atoms with van der Waals surface area (Å²) in [5.74, 6) is -0.0663. The minimum Gasteiger partial charge on any atom is -0.495 e. The van der Waals surface area contributed by atoms with Crippen LogP contribution >= 0.6 is 0 Å². The van der Waals surface area contributed by atoms with Crippen LogP contribution in [0.4, 0.5) is 5.69 Å². The Hall–Kier alpha value is -2.91. The van der Waals surface area contributed by atoms with Crippen LogP contribution in [0.5, 0.6) is 5.75 Å². The molecule has 1 N–H and O–H groups in total. The van der Waals surface area contributed by atoms with E-state index in [-0.39, 0.29) is 29.8 Å². The van der Waals surface area contributed by atoms with Crippen molar-refractivity contribution in [2.75, 3.05) is 38.6 Å². The van der Waals surface area contributed by atoms with Crippen LogP contribution in [0.1, 0.15) is 17.3 Å². The first-order valence-electron chi connectivity index (χ1n) is 9.13. The molecular formula is C20H23N3O5S. The summed E-state index contributed by atoms with van der Waals surface area (Å²) < 4.78 is 32.6. The molecular weight excluding hydrogens is 394 g/mol. The highest BCUT2D eigenvalue weighted by Crippen LogP contribution is 2.29. The minimum absolute atomic E-state index is 0.0601. The Labute approximate surface area is 170 Å². The summed E-state index contributed by atoms with van der Waals surface area (Å²) in [6.07, 6.45) is 0. The molecule has 0 saturated carbocycles. The zero-order chi connectivity index (χ0) is 21.0. The number of ether oxygens (including phenoxy) is 1. The zero-order valence-corrected chi connectivity index (χ0v) is 17.1. The lowest BCUT2D eigenvalue weighted by atomic mass is 10.2. The first-order valence-corrected chi connectivity index (χ1v) is 10.6. The molecule has 0 unspecified atom stereocenters. The second kappa shape index (κ2) is 8.62. The number of carbonyl (C=O) groups is 2. The molecule has 9 heteroatoms. The number of sulfonamides is 1. The van der Waals surface area contributed by atoms with Gasteiger partial charge in [-0.2, -0.15) is 4.31 Å². The summed E-state index contributed by atoms with van der Waals surface area (Å²) in [5.41, 5.74) is 0.873. The molecule has 0 aromatic heterocycles. The van der Waals surface area contributed by atoms with Crippen molar-refractivity contribution in [3.8, 4) is 5.75 Å². The molecule has 1 aliphatic rings. The summed E-state index contributed by atoms with van der Waals surface area (Å²) in [6.45, 7) is 2.34. The van der Waals surface area contributed by atoms with Crippen LogP contribution in [-0.2, 0) is 14.8 Å². The molecule has 0 aliphatic carbocycles. The number of nitrogens with one attached hydrogen (secondary N) is 1. The molecule has 2 aromatic carbocycles. The average molecular weight is 417 g/mol. The van der Waals surface area contributed by atoms with Gasteiger partial charge < -0.3 is 15.0 Å². The van der Waals surface area contributed by atoms with E-state index in [9.17, 15) is 18.0 Å². The molecule has 0 bridgehead atoms. The lowest BCUT2D eigenvalue weighted by Crippen LogP contribution is -2.50. The monoisotopic (exact) mass is 417 g/mol. The second-order valence-corrected chi connectivity index (χ2v) is 8.54. The third-order valence-corrected chi connectivity index (χ3v) is 6.56. The van der Waals surface area contributed by atoms with Gasteiger partial charge in [0.2, 0.25) is 15.9 Å². The van der Waals surface area contributed by atoms with Crippen molar-refractivity contribution < 1.29 is 22.7 Å². The number of carbonyl (C=O) groups excluding carboxylic acids is 2. The Morgan fingerprint density at radius 2 is 1.66 bits per heavy atom. The largest absolute Gasteiger partial charge is 0.495 e. The number of rotatable bonds is 5. The van der Waals surface area contributed by atoms with E-state index in [1.807, 2.05) is 6.07 Å². The van der Waals surface area contributed by atoms with E-state index in [1.165, 1.54) is 36.5 Å². The standard InChI is InChI=1S/C20H23N3O5S/c1-15(24)21-18-14-17(8-9-19(18)28-2)29(26,27)23-12-10-22(11-13-23)20(25)16-6-4-3-5-7-16/h3-9,14H,10-13H2,1-2H3,(H,21,24). The Bertz CT molecular complexity index is 1000. The second-order valence-electron chi connectivity index (χ2n) is 6.61. The van der Waals surface area contributed by atoms with Gasteiger partial charge >= 0.3 is 0 Å². The fourth-order valence-corrected chi connectivity index (χ4v) is 4.63. The smallest absolute Gasteiger partial charge is 0.253 e. The van der Waals surface area contributed by atoms with E-state index in [4.69, 9.17) is 4.74 Å². The first-order chi connectivity index (χ1) is 13.8. The molecule has 1 heterocycles. The summed E-state index contributed by atoms with van der Waals surface area (Å²) in [5, 5.41) is 2.58. The Kier molecular flexibility index (Phi) is 6.19. The molecule has 0 spiro atoms. The zero-order valence-electron chi connectivity index (χ0n) is 16.3. The fourth-order valence-electron chi connectivity index (χ4n) is 3.18. The Balaban J connectivity index is 1.74.